The van der Waals surface area contributed by atoms with Crippen molar-refractivity contribution in [3.05, 3.63) is 63.7 Å². The lowest BCUT2D eigenvalue weighted by Gasteiger charge is -2.07. The average Bonchev–Trinajstić information content (AvgIpc) is 2.61. The molecule has 1 amide bonds. The van der Waals surface area contributed by atoms with E-state index in [1.807, 2.05) is 0 Å². The van der Waals surface area contributed by atoms with Crippen LogP contribution in [0.2, 0.25) is 0 Å². The highest BCUT2D eigenvalue weighted by Crippen LogP contribution is 2.26. The largest absolute Gasteiger partial charge is 0.497 e. The standard InChI is InChI=1S/C18H18N2O5/c1-12-4-7-14(10-16(12)20(22)23)19-18(21)9-6-13-5-8-15(24-2)11-17(13)25-3/h4-11H,1-3H3,(H,19,21)/b9-6+. The number of benzene rings is 2. The Balaban J connectivity index is 2.14. The summed E-state index contributed by atoms with van der Waals surface area (Å²) < 4.78 is 10.4. The van der Waals surface area contributed by atoms with Gasteiger partial charge in [-0.1, -0.05) is 6.07 Å². The van der Waals surface area contributed by atoms with Gasteiger partial charge in [0.25, 0.3) is 5.69 Å². The third-order valence-corrected chi connectivity index (χ3v) is 3.53. The van der Waals surface area contributed by atoms with Crippen LogP contribution in [0.5, 0.6) is 11.5 Å². The number of nitrogens with one attached hydrogen (secondary N) is 1. The maximum atomic E-state index is 12.0. The van der Waals surface area contributed by atoms with Crippen molar-refractivity contribution < 1.29 is 19.2 Å². The fourth-order valence-electron chi connectivity index (χ4n) is 2.19. The van der Waals surface area contributed by atoms with E-state index in [4.69, 9.17) is 9.47 Å². The highest BCUT2D eigenvalue weighted by atomic mass is 16.6. The monoisotopic (exact) mass is 342 g/mol. The molecule has 25 heavy (non-hydrogen) atoms. The van der Waals surface area contributed by atoms with Crippen molar-refractivity contribution in [2.24, 2.45) is 0 Å². The minimum absolute atomic E-state index is 0.0430. The van der Waals surface area contributed by atoms with Crippen molar-refractivity contribution in [1.82, 2.24) is 0 Å². The van der Waals surface area contributed by atoms with E-state index in [1.54, 1.807) is 50.4 Å². The van der Waals surface area contributed by atoms with Crippen LogP contribution < -0.4 is 14.8 Å². The average molecular weight is 342 g/mol. The van der Waals surface area contributed by atoms with Crippen molar-refractivity contribution in [3.63, 3.8) is 0 Å². The van der Waals surface area contributed by atoms with Crippen LogP contribution in [-0.2, 0) is 4.79 Å². The Bertz CT molecular complexity index is 830. The van der Waals surface area contributed by atoms with Crippen LogP contribution in [0.4, 0.5) is 11.4 Å². The minimum atomic E-state index is -0.483. The van der Waals surface area contributed by atoms with Gasteiger partial charge in [0.05, 0.1) is 19.1 Å². The normalized spacial score (nSPS) is 10.5. The maximum Gasteiger partial charge on any atom is 0.274 e. The van der Waals surface area contributed by atoms with Crippen LogP contribution >= 0.6 is 0 Å². The Morgan fingerprint density at radius 3 is 2.56 bits per heavy atom. The number of amides is 1. The van der Waals surface area contributed by atoms with Crippen LogP contribution in [0.25, 0.3) is 6.08 Å². The molecule has 2 aromatic rings. The van der Waals surface area contributed by atoms with Crippen molar-refractivity contribution in [2.45, 2.75) is 6.92 Å². The van der Waals surface area contributed by atoms with Gasteiger partial charge in [-0.15, -0.1) is 0 Å². The highest BCUT2D eigenvalue weighted by Gasteiger charge is 2.11. The molecule has 0 heterocycles. The molecular weight excluding hydrogens is 324 g/mol. The number of nitro benzene ring substituents is 1. The molecule has 0 saturated carbocycles. The second-order valence-corrected chi connectivity index (χ2v) is 5.19. The molecule has 0 saturated heterocycles. The summed E-state index contributed by atoms with van der Waals surface area (Å²) in [6.07, 6.45) is 2.92. The van der Waals surface area contributed by atoms with Gasteiger partial charge < -0.3 is 14.8 Å². The number of ether oxygens (including phenoxy) is 2. The number of carbonyl (C=O) groups excluding carboxylic acids is 1. The zero-order chi connectivity index (χ0) is 18.4. The van der Waals surface area contributed by atoms with E-state index in [9.17, 15) is 14.9 Å². The third kappa shape index (κ3) is 4.57. The highest BCUT2D eigenvalue weighted by molar-refractivity contribution is 6.02. The first-order chi connectivity index (χ1) is 11.9. The SMILES string of the molecule is COc1ccc(/C=C/C(=O)Nc2ccc(C)c([N+](=O)[O-])c2)c(OC)c1. The zero-order valence-electron chi connectivity index (χ0n) is 14.1. The summed E-state index contributed by atoms with van der Waals surface area (Å²) in [7, 11) is 3.08. The topological polar surface area (TPSA) is 90.7 Å². The summed E-state index contributed by atoms with van der Waals surface area (Å²) >= 11 is 0. The molecule has 2 rings (SSSR count). The smallest absolute Gasteiger partial charge is 0.274 e. The molecule has 0 radical (unpaired) electrons. The van der Waals surface area contributed by atoms with Crippen molar-refractivity contribution >= 4 is 23.4 Å². The molecule has 0 aliphatic rings. The van der Waals surface area contributed by atoms with Crippen LogP contribution in [0, 0.1) is 17.0 Å². The quantitative estimate of drug-likeness (QED) is 0.492. The predicted molar refractivity (Wildman–Crippen MR) is 95.0 cm³/mol. The number of carbonyl (C=O) groups is 1. The Morgan fingerprint density at radius 2 is 1.92 bits per heavy atom. The first-order valence-electron chi connectivity index (χ1n) is 7.40. The van der Waals surface area contributed by atoms with Crippen LogP contribution in [-0.4, -0.2) is 25.1 Å². The van der Waals surface area contributed by atoms with Gasteiger partial charge in [-0.2, -0.15) is 0 Å². The fourth-order valence-corrected chi connectivity index (χ4v) is 2.19. The summed E-state index contributed by atoms with van der Waals surface area (Å²) in [5.74, 6) is 0.802. The lowest BCUT2D eigenvalue weighted by Crippen LogP contribution is -2.08. The third-order valence-electron chi connectivity index (χ3n) is 3.53. The van der Waals surface area contributed by atoms with Crippen molar-refractivity contribution in [2.75, 3.05) is 19.5 Å². The second-order valence-electron chi connectivity index (χ2n) is 5.19. The minimum Gasteiger partial charge on any atom is -0.497 e. The second kappa shape index (κ2) is 7.96. The zero-order valence-corrected chi connectivity index (χ0v) is 14.1. The van der Waals surface area contributed by atoms with E-state index in [-0.39, 0.29) is 5.69 Å². The van der Waals surface area contributed by atoms with Gasteiger partial charge in [-0.3, -0.25) is 14.9 Å². The molecule has 130 valence electrons. The molecule has 7 nitrogen and oxygen atoms in total. The van der Waals surface area contributed by atoms with Gasteiger partial charge in [-0.25, -0.2) is 0 Å². The molecule has 0 aromatic heterocycles. The van der Waals surface area contributed by atoms with Crippen molar-refractivity contribution in [1.29, 1.82) is 0 Å². The van der Waals surface area contributed by atoms with Crippen LogP contribution in [0.3, 0.4) is 0 Å². The number of aryl methyl sites for hydroxylation is 1. The van der Waals surface area contributed by atoms with E-state index in [1.165, 1.54) is 19.3 Å². The van der Waals surface area contributed by atoms with E-state index in [0.717, 1.165) is 0 Å². The van der Waals surface area contributed by atoms with Gasteiger partial charge in [0.1, 0.15) is 11.5 Å². The fraction of sp³-hybridized carbons (Fsp3) is 0.167. The molecule has 0 unspecified atom stereocenters. The first kappa shape index (κ1) is 18.0. The molecule has 0 aliphatic heterocycles. The summed E-state index contributed by atoms with van der Waals surface area (Å²) in [4.78, 5) is 22.5. The number of hydrogen-bond acceptors (Lipinski definition) is 5. The molecule has 0 fully saturated rings. The Hall–Kier alpha value is -3.35. The molecule has 7 heteroatoms. The van der Waals surface area contributed by atoms with Crippen LogP contribution in [0.15, 0.2) is 42.5 Å². The van der Waals surface area contributed by atoms with Gasteiger partial charge >= 0.3 is 0 Å². The van der Waals surface area contributed by atoms with E-state index >= 15 is 0 Å². The number of hydrogen-bond donors (Lipinski definition) is 1. The summed E-state index contributed by atoms with van der Waals surface area (Å²) in [5, 5.41) is 13.5. The number of nitro groups is 1. The number of methoxy groups -OCH3 is 2. The molecular formula is C18H18N2O5. The molecule has 2 aromatic carbocycles. The van der Waals surface area contributed by atoms with Gasteiger partial charge in [0, 0.05) is 35.0 Å². The van der Waals surface area contributed by atoms with Gasteiger partial charge in [-0.05, 0) is 31.2 Å². The van der Waals surface area contributed by atoms with Gasteiger partial charge in [0.15, 0.2) is 0 Å². The van der Waals surface area contributed by atoms with E-state index in [0.29, 0.717) is 28.3 Å². The number of rotatable bonds is 6. The van der Waals surface area contributed by atoms with E-state index in [2.05, 4.69) is 5.32 Å². The molecule has 0 aliphatic carbocycles. The molecule has 0 atom stereocenters. The lowest BCUT2D eigenvalue weighted by molar-refractivity contribution is -0.385. The summed E-state index contributed by atoms with van der Waals surface area (Å²) in [6.45, 7) is 1.64. The Kier molecular flexibility index (Phi) is 5.73. The number of nitrogens with zero attached hydrogens (tertiary/aromatic N) is 1. The van der Waals surface area contributed by atoms with Gasteiger partial charge in [0.2, 0.25) is 5.91 Å². The molecule has 0 bridgehead atoms. The predicted octanol–water partition coefficient (Wildman–Crippen LogP) is 3.57. The summed E-state index contributed by atoms with van der Waals surface area (Å²) in [6, 6.07) is 9.75. The van der Waals surface area contributed by atoms with Crippen molar-refractivity contribution in [3.8, 4) is 11.5 Å². The van der Waals surface area contributed by atoms with E-state index < -0.39 is 10.8 Å². The maximum absolute atomic E-state index is 12.0. The molecule has 1 N–H and O–H groups in total. The molecule has 0 spiro atoms. The Labute approximate surface area is 145 Å². The Morgan fingerprint density at radius 1 is 1.16 bits per heavy atom. The first-order valence-corrected chi connectivity index (χ1v) is 7.40. The number of anilines is 1. The van der Waals surface area contributed by atoms with Crippen LogP contribution in [0.1, 0.15) is 11.1 Å². The lowest BCUT2D eigenvalue weighted by atomic mass is 10.1. The summed E-state index contributed by atoms with van der Waals surface area (Å²) in [5.41, 5.74) is 1.54.